The van der Waals surface area contributed by atoms with Crippen LogP contribution in [0, 0.1) is 0 Å². The zero-order valence-corrected chi connectivity index (χ0v) is 22.5. The molecule has 2 fully saturated rings. The number of rotatable bonds is 9. The number of benzene rings is 1. The topological polar surface area (TPSA) is 88.1 Å². The highest BCUT2D eigenvalue weighted by molar-refractivity contribution is 6.32. The molecule has 9 nitrogen and oxygen atoms in total. The van der Waals surface area contributed by atoms with Gasteiger partial charge in [-0.2, -0.15) is 0 Å². The third kappa shape index (κ3) is 7.25. The molecule has 0 aliphatic carbocycles. The average molecular weight is 530 g/mol. The molecule has 3 heterocycles. The first-order valence-corrected chi connectivity index (χ1v) is 13.5. The van der Waals surface area contributed by atoms with Crippen LogP contribution in [-0.4, -0.2) is 77.2 Å². The van der Waals surface area contributed by atoms with Gasteiger partial charge < -0.3 is 19.3 Å². The zero-order chi connectivity index (χ0) is 26.2. The van der Waals surface area contributed by atoms with Crippen LogP contribution in [0.2, 0.25) is 5.02 Å². The smallest absolute Gasteiger partial charge is 0.410 e. The minimum atomic E-state index is -0.418. The fraction of sp³-hybridized carbons (Fsp3) is 0.556. The lowest BCUT2D eigenvalue weighted by atomic mass is 10.1. The van der Waals surface area contributed by atoms with Gasteiger partial charge in [-0.15, -0.1) is 0 Å². The lowest BCUT2D eigenvalue weighted by molar-refractivity contribution is -0.136. The number of ether oxygens (including phenoxy) is 2. The van der Waals surface area contributed by atoms with Crippen molar-refractivity contribution >= 4 is 29.5 Å². The molecule has 10 heteroatoms. The van der Waals surface area contributed by atoms with Crippen molar-refractivity contribution in [3.05, 3.63) is 46.7 Å². The van der Waals surface area contributed by atoms with E-state index < -0.39 is 6.09 Å². The number of anilines is 1. The summed E-state index contributed by atoms with van der Waals surface area (Å²) in [5.41, 5.74) is 2.06. The van der Waals surface area contributed by atoms with E-state index in [2.05, 4.69) is 21.8 Å². The second-order valence-corrected chi connectivity index (χ2v) is 9.93. The molecule has 2 aliphatic heterocycles. The number of aryl methyl sites for hydroxylation is 1. The summed E-state index contributed by atoms with van der Waals surface area (Å²) >= 11 is 6.55. The molecule has 1 aromatic carbocycles. The van der Waals surface area contributed by atoms with Gasteiger partial charge in [0, 0.05) is 58.0 Å². The number of piperazine rings is 1. The van der Waals surface area contributed by atoms with Crippen molar-refractivity contribution < 1.29 is 19.1 Å². The zero-order valence-electron chi connectivity index (χ0n) is 21.7. The van der Waals surface area contributed by atoms with Gasteiger partial charge in [0.15, 0.2) is 0 Å². The SMILES string of the molecule is CCCCOC(=O)N1CCN(Cc2ccc(OC3CCN(c4ncc(CC)cn4)CC3)c(Cl)c2)C(=O)C1. The number of hydrogen-bond donors (Lipinski definition) is 0. The number of halogens is 1. The van der Waals surface area contributed by atoms with E-state index in [4.69, 9.17) is 21.1 Å². The number of piperidine rings is 1. The summed E-state index contributed by atoms with van der Waals surface area (Å²) in [7, 11) is 0. The van der Waals surface area contributed by atoms with E-state index >= 15 is 0 Å². The average Bonchev–Trinajstić information content (AvgIpc) is 2.92. The Labute approximate surface area is 223 Å². The summed E-state index contributed by atoms with van der Waals surface area (Å²) in [5, 5.41) is 0.531. The van der Waals surface area contributed by atoms with Crippen LogP contribution in [0.1, 0.15) is 50.7 Å². The first kappa shape index (κ1) is 27.0. The molecule has 0 bridgehead atoms. The number of carbonyl (C=O) groups excluding carboxylic acids is 2. The van der Waals surface area contributed by atoms with Gasteiger partial charge in [-0.1, -0.05) is 37.9 Å². The molecule has 2 aliphatic rings. The van der Waals surface area contributed by atoms with Gasteiger partial charge in [0.2, 0.25) is 11.9 Å². The predicted molar refractivity (Wildman–Crippen MR) is 142 cm³/mol. The monoisotopic (exact) mass is 529 g/mol. The predicted octanol–water partition coefficient (Wildman–Crippen LogP) is 4.32. The molecular weight excluding hydrogens is 494 g/mol. The van der Waals surface area contributed by atoms with E-state index in [-0.39, 0.29) is 18.6 Å². The Morgan fingerprint density at radius 1 is 1.08 bits per heavy atom. The molecular formula is C27H36ClN5O4. The highest BCUT2D eigenvalue weighted by atomic mass is 35.5. The minimum absolute atomic E-state index is 0.0341. The molecule has 4 rings (SSSR count). The van der Waals surface area contributed by atoms with Crippen molar-refractivity contribution in [3.63, 3.8) is 0 Å². The van der Waals surface area contributed by atoms with Crippen LogP contribution in [0.5, 0.6) is 5.75 Å². The molecule has 0 radical (unpaired) electrons. The first-order chi connectivity index (χ1) is 18.0. The van der Waals surface area contributed by atoms with Crippen molar-refractivity contribution in [1.82, 2.24) is 19.8 Å². The number of aromatic nitrogens is 2. The molecule has 1 aromatic heterocycles. The number of amides is 2. The van der Waals surface area contributed by atoms with E-state index in [1.165, 1.54) is 4.90 Å². The normalized spacial score (nSPS) is 16.7. The fourth-order valence-corrected chi connectivity index (χ4v) is 4.68. The largest absolute Gasteiger partial charge is 0.489 e. The molecule has 0 saturated carbocycles. The van der Waals surface area contributed by atoms with E-state index in [1.54, 1.807) is 4.90 Å². The van der Waals surface area contributed by atoms with Crippen molar-refractivity contribution in [1.29, 1.82) is 0 Å². The maximum Gasteiger partial charge on any atom is 0.410 e. The number of unbranched alkanes of at least 4 members (excludes halogenated alkanes) is 1. The quantitative estimate of drug-likeness (QED) is 0.447. The highest BCUT2D eigenvalue weighted by Gasteiger charge is 2.28. The minimum Gasteiger partial charge on any atom is -0.489 e. The molecule has 0 unspecified atom stereocenters. The molecule has 2 aromatic rings. The van der Waals surface area contributed by atoms with Gasteiger partial charge in [0.25, 0.3) is 0 Å². The van der Waals surface area contributed by atoms with Crippen LogP contribution in [-0.2, 0) is 22.5 Å². The van der Waals surface area contributed by atoms with E-state index in [0.717, 1.165) is 62.3 Å². The van der Waals surface area contributed by atoms with Gasteiger partial charge in [-0.05, 0) is 36.1 Å². The van der Waals surface area contributed by atoms with E-state index in [9.17, 15) is 9.59 Å². The van der Waals surface area contributed by atoms with E-state index in [1.807, 2.05) is 37.5 Å². The Hall–Kier alpha value is -3.07. The van der Waals surface area contributed by atoms with Crippen LogP contribution >= 0.6 is 11.6 Å². The lowest BCUT2D eigenvalue weighted by Gasteiger charge is -2.34. The van der Waals surface area contributed by atoms with Crippen LogP contribution in [0.25, 0.3) is 0 Å². The summed E-state index contributed by atoms with van der Waals surface area (Å²) in [4.78, 5) is 39.1. The number of carbonyl (C=O) groups is 2. The van der Waals surface area contributed by atoms with Crippen molar-refractivity contribution in [3.8, 4) is 5.75 Å². The Morgan fingerprint density at radius 2 is 1.84 bits per heavy atom. The maximum absolute atomic E-state index is 12.6. The molecule has 200 valence electrons. The first-order valence-electron chi connectivity index (χ1n) is 13.2. The molecule has 37 heavy (non-hydrogen) atoms. The van der Waals surface area contributed by atoms with Gasteiger partial charge in [-0.3, -0.25) is 9.69 Å². The fourth-order valence-electron chi connectivity index (χ4n) is 4.43. The summed E-state index contributed by atoms with van der Waals surface area (Å²) < 4.78 is 11.4. The third-order valence-electron chi connectivity index (χ3n) is 6.79. The van der Waals surface area contributed by atoms with Crippen LogP contribution < -0.4 is 9.64 Å². The highest BCUT2D eigenvalue weighted by Crippen LogP contribution is 2.29. The van der Waals surface area contributed by atoms with Crippen molar-refractivity contribution in [2.45, 2.75) is 58.6 Å². The Balaban J connectivity index is 1.24. The summed E-state index contributed by atoms with van der Waals surface area (Å²) in [6, 6.07) is 5.67. The Bertz CT molecular complexity index is 1060. The van der Waals surface area contributed by atoms with Crippen LogP contribution in [0.4, 0.5) is 10.7 Å². The molecule has 0 N–H and O–H groups in total. The van der Waals surface area contributed by atoms with Gasteiger partial charge >= 0.3 is 6.09 Å². The Morgan fingerprint density at radius 3 is 2.49 bits per heavy atom. The van der Waals surface area contributed by atoms with Gasteiger partial charge in [0.05, 0.1) is 11.6 Å². The maximum atomic E-state index is 12.6. The van der Waals surface area contributed by atoms with Gasteiger partial charge in [0.1, 0.15) is 18.4 Å². The standard InChI is InChI=1S/C27H36ClN5O4/c1-3-5-14-36-27(35)33-13-12-32(25(34)19-33)18-21-6-7-24(23(28)15-21)37-22-8-10-31(11-9-22)26-29-16-20(4-2)17-30-26/h6-7,15-17,22H,3-5,8-14,18-19H2,1-2H3. The number of hydrogen-bond acceptors (Lipinski definition) is 7. The van der Waals surface area contributed by atoms with E-state index in [0.29, 0.717) is 37.0 Å². The summed E-state index contributed by atoms with van der Waals surface area (Å²) in [6.07, 6.45) is 7.85. The van der Waals surface area contributed by atoms with Crippen LogP contribution in [0.15, 0.2) is 30.6 Å². The molecule has 2 saturated heterocycles. The molecule has 2 amide bonds. The van der Waals surface area contributed by atoms with Gasteiger partial charge in [-0.25, -0.2) is 14.8 Å². The lowest BCUT2D eigenvalue weighted by Crippen LogP contribution is -2.51. The summed E-state index contributed by atoms with van der Waals surface area (Å²) in [6.45, 7) is 7.55. The Kier molecular flexibility index (Phi) is 9.44. The second-order valence-electron chi connectivity index (χ2n) is 9.52. The molecule has 0 spiro atoms. The van der Waals surface area contributed by atoms with Crippen molar-refractivity contribution in [2.24, 2.45) is 0 Å². The summed E-state index contributed by atoms with van der Waals surface area (Å²) in [5.74, 6) is 1.32. The molecule has 0 atom stereocenters. The second kappa shape index (κ2) is 12.9. The van der Waals surface area contributed by atoms with Crippen molar-refractivity contribution in [2.75, 3.05) is 44.2 Å². The third-order valence-corrected chi connectivity index (χ3v) is 7.08. The number of nitrogens with zero attached hydrogens (tertiary/aromatic N) is 5. The van der Waals surface area contributed by atoms with Crippen LogP contribution in [0.3, 0.4) is 0 Å².